The van der Waals surface area contributed by atoms with E-state index in [0.29, 0.717) is 23.3 Å². The molecule has 0 unspecified atom stereocenters. The van der Waals surface area contributed by atoms with Crippen molar-refractivity contribution in [3.8, 4) is 11.5 Å². The minimum atomic E-state index is -0.389. The van der Waals surface area contributed by atoms with E-state index in [1.165, 1.54) is 41.1 Å². The van der Waals surface area contributed by atoms with E-state index in [4.69, 9.17) is 9.47 Å². The fraction of sp³-hybridized carbons (Fsp3) is 0.318. The highest BCUT2D eigenvalue weighted by atomic mass is 32.2. The summed E-state index contributed by atoms with van der Waals surface area (Å²) >= 11 is 3.03. The van der Waals surface area contributed by atoms with Crippen LogP contribution in [-0.4, -0.2) is 41.5 Å². The topological polar surface area (TPSA) is 80.2 Å². The number of hydrogen-bond acceptors (Lipinski definition) is 7. The van der Waals surface area contributed by atoms with Crippen molar-refractivity contribution in [2.24, 2.45) is 5.10 Å². The van der Waals surface area contributed by atoms with Crippen LogP contribution in [0.5, 0.6) is 11.5 Å². The number of ether oxygens (including phenoxy) is 2. The van der Waals surface area contributed by atoms with Gasteiger partial charge in [-0.15, -0.1) is 16.9 Å². The predicted molar refractivity (Wildman–Crippen MR) is 124 cm³/mol. The smallest absolute Gasteiger partial charge is 0.241 e. The first-order chi connectivity index (χ1) is 14.9. The van der Waals surface area contributed by atoms with E-state index < -0.39 is 0 Å². The third kappa shape index (κ3) is 6.18. The molecule has 0 radical (unpaired) electrons. The van der Waals surface area contributed by atoms with Crippen molar-refractivity contribution in [2.75, 3.05) is 19.5 Å². The van der Waals surface area contributed by atoms with E-state index in [2.05, 4.69) is 41.6 Å². The first-order valence-electron chi connectivity index (χ1n) is 9.70. The number of carbonyl (C=O) groups is 2. The van der Waals surface area contributed by atoms with Crippen LogP contribution in [0.2, 0.25) is 0 Å². The summed E-state index contributed by atoms with van der Waals surface area (Å²) < 4.78 is 11.4. The van der Waals surface area contributed by atoms with Crippen molar-refractivity contribution >= 4 is 40.5 Å². The standard InChI is InChI=1S/C22H25N3O4S2/c1-14-5-8-18(9-6-14)30-12-11-29-19-10-7-17(13-20(19)28-4)21-25(16(3)27)24-22(31-21)23-15(2)26/h5-10,13,21H,11-12H2,1-4H3,(H,23,24,26)/t21-/m1/s1. The van der Waals surface area contributed by atoms with E-state index in [9.17, 15) is 9.59 Å². The first kappa shape index (κ1) is 23.0. The molecule has 0 saturated heterocycles. The van der Waals surface area contributed by atoms with Gasteiger partial charge in [0.05, 0.1) is 13.7 Å². The van der Waals surface area contributed by atoms with E-state index in [0.717, 1.165) is 11.3 Å². The number of amidine groups is 1. The van der Waals surface area contributed by atoms with E-state index >= 15 is 0 Å². The number of aryl methyl sites for hydroxylation is 1. The molecule has 1 N–H and O–H groups in total. The number of hydrogen-bond donors (Lipinski definition) is 1. The zero-order chi connectivity index (χ0) is 22.4. The maximum atomic E-state index is 12.0. The highest BCUT2D eigenvalue weighted by molar-refractivity contribution is 8.14. The predicted octanol–water partition coefficient (Wildman–Crippen LogP) is 4.18. The van der Waals surface area contributed by atoms with Crippen LogP contribution in [0.25, 0.3) is 0 Å². The Morgan fingerprint density at radius 1 is 1.16 bits per heavy atom. The average Bonchev–Trinajstić information content (AvgIpc) is 3.16. The van der Waals surface area contributed by atoms with Gasteiger partial charge in [-0.3, -0.25) is 9.59 Å². The number of carbonyl (C=O) groups excluding carboxylic acids is 2. The number of rotatable bonds is 7. The number of thioether (sulfide) groups is 2. The Morgan fingerprint density at radius 2 is 1.90 bits per heavy atom. The summed E-state index contributed by atoms with van der Waals surface area (Å²) in [4.78, 5) is 24.6. The van der Waals surface area contributed by atoms with Crippen LogP contribution in [0.4, 0.5) is 0 Å². The quantitative estimate of drug-likeness (QED) is 0.494. The van der Waals surface area contributed by atoms with Gasteiger partial charge in [-0.25, -0.2) is 5.01 Å². The molecule has 0 spiro atoms. The first-order valence-corrected chi connectivity index (χ1v) is 11.6. The number of benzene rings is 2. The molecule has 0 fully saturated rings. The third-order valence-electron chi connectivity index (χ3n) is 4.35. The molecule has 0 aromatic heterocycles. The Balaban J connectivity index is 1.64. The molecular weight excluding hydrogens is 434 g/mol. The molecule has 7 nitrogen and oxygen atoms in total. The average molecular weight is 460 g/mol. The highest BCUT2D eigenvalue weighted by Gasteiger charge is 2.32. The molecule has 3 rings (SSSR count). The van der Waals surface area contributed by atoms with Crippen molar-refractivity contribution in [3.63, 3.8) is 0 Å². The lowest BCUT2D eigenvalue weighted by molar-refractivity contribution is -0.129. The van der Waals surface area contributed by atoms with Crippen molar-refractivity contribution in [1.82, 2.24) is 10.3 Å². The van der Waals surface area contributed by atoms with Gasteiger partial charge in [0, 0.05) is 24.5 Å². The van der Waals surface area contributed by atoms with Gasteiger partial charge in [-0.2, -0.15) is 0 Å². The Hall–Kier alpha value is -2.65. The summed E-state index contributed by atoms with van der Waals surface area (Å²) in [5.41, 5.74) is 2.06. The molecule has 1 aliphatic heterocycles. The molecule has 0 bridgehead atoms. The summed E-state index contributed by atoms with van der Waals surface area (Å²) in [6.45, 7) is 5.44. The highest BCUT2D eigenvalue weighted by Crippen LogP contribution is 2.41. The van der Waals surface area contributed by atoms with Gasteiger partial charge in [-0.05, 0) is 36.8 Å². The zero-order valence-corrected chi connectivity index (χ0v) is 19.5. The number of nitrogens with one attached hydrogen (secondary N) is 1. The summed E-state index contributed by atoms with van der Waals surface area (Å²) in [6.07, 6.45) is 0. The normalized spacial score (nSPS) is 15.4. The lowest BCUT2D eigenvalue weighted by atomic mass is 10.2. The molecule has 2 aromatic carbocycles. The SMILES string of the molecule is COc1cc([C@H]2SC(NC(C)=O)=NN2C(C)=O)ccc1OCCSc1ccc(C)cc1. The van der Waals surface area contributed by atoms with Crippen LogP contribution in [0, 0.1) is 6.92 Å². The Bertz CT molecular complexity index is 979. The van der Waals surface area contributed by atoms with Crippen molar-refractivity contribution < 1.29 is 19.1 Å². The van der Waals surface area contributed by atoms with Crippen LogP contribution < -0.4 is 14.8 Å². The van der Waals surface area contributed by atoms with Gasteiger partial charge >= 0.3 is 0 Å². The molecule has 1 atom stereocenters. The molecular formula is C22H25N3O4S2. The van der Waals surface area contributed by atoms with Crippen molar-refractivity contribution in [2.45, 2.75) is 31.0 Å². The third-order valence-corrected chi connectivity index (χ3v) is 6.43. The number of methoxy groups -OCH3 is 1. The molecule has 1 aliphatic rings. The summed E-state index contributed by atoms with van der Waals surface area (Å²) in [5, 5.41) is 8.20. The van der Waals surface area contributed by atoms with Crippen LogP contribution in [0.15, 0.2) is 52.5 Å². The molecule has 1 heterocycles. The second-order valence-corrected chi connectivity index (χ2v) is 9.08. The van der Waals surface area contributed by atoms with Gasteiger partial charge in [0.25, 0.3) is 0 Å². The minimum absolute atomic E-state index is 0.217. The van der Waals surface area contributed by atoms with Gasteiger partial charge < -0.3 is 14.8 Å². The molecule has 31 heavy (non-hydrogen) atoms. The zero-order valence-electron chi connectivity index (χ0n) is 17.9. The van der Waals surface area contributed by atoms with Crippen molar-refractivity contribution in [1.29, 1.82) is 0 Å². The Morgan fingerprint density at radius 3 is 2.55 bits per heavy atom. The maximum Gasteiger partial charge on any atom is 0.241 e. The van der Waals surface area contributed by atoms with E-state index in [1.54, 1.807) is 18.9 Å². The van der Waals surface area contributed by atoms with Gasteiger partial charge in [0.2, 0.25) is 11.8 Å². The summed E-state index contributed by atoms with van der Waals surface area (Å²) in [7, 11) is 1.58. The molecule has 164 valence electrons. The number of hydrazone groups is 1. The summed E-state index contributed by atoms with van der Waals surface area (Å²) in [6, 6.07) is 13.9. The van der Waals surface area contributed by atoms with Crippen LogP contribution in [-0.2, 0) is 9.59 Å². The largest absolute Gasteiger partial charge is 0.493 e. The second-order valence-electron chi connectivity index (χ2n) is 6.84. The summed E-state index contributed by atoms with van der Waals surface area (Å²) in [5.74, 6) is 1.56. The second kappa shape index (κ2) is 10.6. The molecule has 2 aromatic rings. The fourth-order valence-corrected chi connectivity index (χ4v) is 4.74. The van der Waals surface area contributed by atoms with Crippen LogP contribution in [0.1, 0.15) is 30.3 Å². The lowest BCUT2D eigenvalue weighted by Crippen LogP contribution is -2.25. The van der Waals surface area contributed by atoms with Gasteiger partial charge in [0.1, 0.15) is 5.37 Å². The number of amides is 2. The lowest BCUT2D eigenvalue weighted by Gasteiger charge is -2.20. The Kier molecular flexibility index (Phi) is 7.86. The molecule has 9 heteroatoms. The molecule has 0 aliphatic carbocycles. The van der Waals surface area contributed by atoms with Crippen LogP contribution >= 0.6 is 23.5 Å². The van der Waals surface area contributed by atoms with Crippen LogP contribution in [0.3, 0.4) is 0 Å². The van der Waals surface area contributed by atoms with Gasteiger partial charge in [-0.1, -0.05) is 35.5 Å². The van der Waals surface area contributed by atoms with Crippen molar-refractivity contribution in [3.05, 3.63) is 53.6 Å². The van der Waals surface area contributed by atoms with Gasteiger partial charge in [0.15, 0.2) is 16.7 Å². The molecule has 2 amide bonds. The minimum Gasteiger partial charge on any atom is -0.493 e. The monoisotopic (exact) mass is 459 g/mol. The maximum absolute atomic E-state index is 12.0. The number of nitrogens with zero attached hydrogens (tertiary/aromatic N) is 2. The van der Waals surface area contributed by atoms with E-state index in [-0.39, 0.29) is 17.2 Å². The van der Waals surface area contributed by atoms with E-state index in [1.807, 2.05) is 18.2 Å². The molecule has 0 saturated carbocycles. The Labute approximate surface area is 190 Å². The fourth-order valence-electron chi connectivity index (χ4n) is 2.88.